The second-order valence-electron chi connectivity index (χ2n) is 5.86. The largest absolute Gasteiger partial charge is 0.387 e. The summed E-state index contributed by atoms with van der Waals surface area (Å²) in [5.74, 6) is -1.44. The number of rotatable bonds is 5. The number of hydrogen-bond acceptors (Lipinski definition) is 9. The minimum Gasteiger partial charge on any atom is -0.387 e. The van der Waals surface area contributed by atoms with Crippen LogP contribution in [0.2, 0.25) is 0 Å². The summed E-state index contributed by atoms with van der Waals surface area (Å²) >= 11 is 1.04. The van der Waals surface area contributed by atoms with Crippen molar-refractivity contribution in [3.05, 3.63) is 0 Å². The minimum atomic E-state index is -3.39. The number of hydrogen-bond donors (Lipinski definition) is 6. The van der Waals surface area contributed by atoms with Gasteiger partial charge in [0.25, 0.3) is 5.91 Å². The van der Waals surface area contributed by atoms with Gasteiger partial charge in [-0.15, -0.1) is 11.8 Å². The Morgan fingerprint density at radius 2 is 1.84 bits per heavy atom. The molecule has 0 radical (unpaired) electrons. The Kier molecular flexibility index (Phi) is 6.30. The number of amides is 2. The standard InChI is InChI=1S/C12H21N3O8S2/c1-25(22,23)14-3-2-13-10(20)5-4-24-12-9(19)7(17)6(16)8(18)11(21)15(5)12/h5-9,12,14,16-19H,2-4H2,1H3,(H,13,20)/t5-,6-,7-,8-,9+,12+/m0/s1. The fourth-order valence-corrected chi connectivity index (χ4v) is 4.60. The van der Waals surface area contributed by atoms with E-state index in [0.29, 0.717) is 0 Å². The highest BCUT2D eigenvalue weighted by Gasteiger charge is 2.53. The fraction of sp³-hybridized carbons (Fsp3) is 0.833. The molecular formula is C12H21N3O8S2. The van der Waals surface area contributed by atoms with Crippen molar-refractivity contribution in [2.45, 2.75) is 35.8 Å². The maximum absolute atomic E-state index is 12.3. The fourth-order valence-electron chi connectivity index (χ4n) is 2.67. The molecule has 0 saturated carbocycles. The molecule has 2 saturated heterocycles. The SMILES string of the molecule is CS(=O)(=O)NCCNC(=O)[C@@H]1CS[C@@H]2[C@H](O)[C@@H](O)[C@H](O)[C@H](O)C(=O)N21. The van der Waals surface area contributed by atoms with E-state index >= 15 is 0 Å². The van der Waals surface area contributed by atoms with E-state index in [1.807, 2.05) is 0 Å². The average Bonchev–Trinajstić information content (AvgIpc) is 2.96. The lowest BCUT2D eigenvalue weighted by molar-refractivity contribution is -0.151. The Bertz CT molecular complexity index is 630. The van der Waals surface area contributed by atoms with Gasteiger partial charge in [0.15, 0.2) is 6.10 Å². The van der Waals surface area contributed by atoms with Gasteiger partial charge in [0, 0.05) is 18.8 Å². The maximum atomic E-state index is 12.3. The van der Waals surface area contributed by atoms with E-state index in [1.54, 1.807) is 0 Å². The van der Waals surface area contributed by atoms with Gasteiger partial charge in [-0.05, 0) is 0 Å². The molecule has 25 heavy (non-hydrogen) atoms. The topological polar surface area (TPSA) is 176 Å². The smallest absolute Gasteiger partial charge is 0.255 e. The third-order valence-electron chi connectivity index (χ3n) is 3.95. The number of sulfonamides is 1. The first kappa shape index (κ1) is 20.4. The van der Waals surface area contributed by atoms with Gasteiger partial charge >= 0.3 is 0 Å². The molecular weight excluding hydrogens is 378 g/mol. The van der Waals surface area contributed by atoms with Gasteiger partial charge in [0.05, 0.1) is 6.26 Å². The van der Waals surface area contributed by atoms with Crippen molar-refractivity contribution < 1.29 is 38.4 Å². The van der Waals surface area contributed by atoms with Crippen molar-refractivity contribution in [3.8, 4) is 0 Å². The Morgan fingerprint density at radius 3 is 2.44 bits per heavy atom. The van der Waals surface area contributed by atoms with Crippen LogP contribution < -0.4 is 10.0 Å². The Morgan fingerprint density at radius 1 is 1.20 bits per heavy atom. The van der Waals surface area contributed by atoms with Gasteiger partial charge in [0.1, 0.15) is 29.7 Å². The molecule has 2 amide bonds. The third-order valence-corrected chi connectivity index (χ3v) is 6.03. The summed E-state index contributed by atoms with van der Waals surface area (Å²) in [6, 6.07) is -1.03. The van der Waals surface area contributed by atoms with Crippen LogP contribution in [-0.4, -0.2) is 106 Å². The highest BCUT2D eigenvalue weighted by Crippen LogP contribution is 2.36. The number of fused-ring (bicyclic) bond motifs is 1. The van der Waals surface area contributed by atoms with Crippen molar-refractivity contribution in [2.75, 3.05) is 25.1 Å². The summed E-state index contributed by atoms with van der Waals surface area (Å²) < 4.78 is 24.1. The zero-order valence-electron chi connectivity index (χ0n) is 13.3. The van der Waals surface area contributed by atoms with E-state index in [2.05, 4.69) is 10.0 Å². The van der Waals surface area contributed by atoms with Crippen LogP contribution >= 0.6 is 11.8 Å². The van der Waals surface area contributed by atoms with E-state index in [4.69, 9.17) is 0 Å². The number of carbonyl (C=O) groups excluding carboxylic acids is 2. The Hall–Kier alpha value is -0.960. The predicted octanol–water partition coefficient (Wildman–Crippen LogP) is -4.62. The van der Waals surface area contributed by atoms with Crippen LogP contribution in [0.1, 0.15) is 0 Å². The molecule has 6 atom stereocenters. The van der Waals surface area contributed by atoms with Crippen LogP contribution in [0.25, 0.3) is 0 Å². The van der Waals surface area contributed by atoms with E-state index in [1.165, 1.54) is 0 Å². The lowest BCUT2D eigenvalue weighted by atomic mass is 10.1. The molecule has 0 aromatic heterocycles. The molecule has 2 fully saturated rings. The van der Waals surface area contributed by atoms with Crippen LogP contribution in [0.5, 0.6) is 0 Å². The maximum Gasteiger partial charge on any atom is 0.255 e. The third kappa shape index (κ3) is 4.42. The number of thioether (sulfide) groups is 1. The highest BCUT2D eigenvalue weighted by molar-refractivity contribution is 8.00. The number of carbonyl (C=O) groups is 2. The molecule has 2 rings (SSSR count). The lowest BCUT2D eigenvalue weighted by Crippen LogP contribution is -2.54. The van der Waals surface area contributed by atoms with Gasteiger partial charge < -0.3 is 30.6 Å². The molecule has 2 heterocycles. The van der Waals surface area contributed by atoms with Gasteiger partial charge in [-0.25, -0.2) is 13.1 Å². The zero-order chi connectivity index (χ0) is 18.9. The monoisotopic (exact) mass is 399 g/mol. The Balaban J connectivity index is 2.05. The minimum absolute atomic E-state index is 0.0177. The summed E-state index contributed by atoms with van der Waals surface area (Å²) in [6.07, 6.45) is -6.12. The van der Waals surface area contributed by atoms with Crippen molar-refractivity contribution in [1.82, 2.24) is 14.9 Å². The number of aliphatic hydroxyl groups excluding tert-OH is 4. The average molecular weight is 399 g/mol. The molecule has 144 valence electrons. The summed E-state index contributed by atoms with van der Waals surface area (Å²) in [6.45, 7) is -0.0549. The molecule has 11 nitrogen and oxygen atoms in total. The molecule has 0 spiro atoms. The second kappa shape index (κ2) is 7.73. The van der Waals surface area contributed by atoms with Gasteiger partial charge in [-0.1, -0.05) is 0 Å². The van der Waals surface area contributed by atoms with E-state index in [0.717, 1.165) is 22.9 Å². The van der Waals surface area contributed by atoms with Crippen molar-refractivity contribution >= 4 is 33.6 Å². The Labute approximate surface area is 148 Å². The molecule has 0 aliphatic carbocycles. The molecule has 2 aliphatic heterocycles. The van der Waals surface area contributed by atoms with Crippen LogP contribution in [-0.2, 0) is 19.6 Å². The number of aliphatic hydroxyl groups is 4. The normalized spacial score (nSPS) is 36.0. The second-order valence-corrected chi connectivity index (χ2v) is 8.84. The van der Waals surface area contributed by atoms with Crippen molar-refractivity contribution in [2.24, 2.45) is 0 Å². The summed E-state index contributed by atoms with van der Waals surface area (Å²) in [5.41, 5.74) is 0. The molecule has 0 unspecified atom stereocenters. The molecule has 0 aromatic rings. The highest BCUT2D eigenvalue weighted by atomic mass is 32.2. The summed E-state index contributed by atoms with van der Waals surface area (Å²) in [7, 11) is -3.39. The predicted molar refractivity (Wildman–Crippen MR) is 86.8 cm³/mol. The summed E-state index contributed by atoms with van der Waals surface area (Å²) in [4.78, 5) is 25.5. The van der Waals surface area contributed by atoms with Gasteiger partial charge in [-0.2, -0.15) is 0 Å². The van der Waals surface area contributed by atoms with Crippen LogP contribution in [0.3, 0.4) is 0 Å². The van der Waals surface area contributed by atoms with Gasteiger partial charge in [-0.3, -0.25) is 9.59 Å². The molecule has 2 aliphatic rings. The molecule has 6 N–H and O–H groups in total. The quantitative estimate of drug-likeness (QED) is 0.248. The van der Waals surface area contributed by atoms with E-state index in [9.17, 15) is 38.4 Å². The molecule has 13 heteroatoms. The molecule has 0 aromatic carbocycles. The van der Waals surface area contributed by atoms with Crippen molar-refractivity contribution in [3.63, 3.8) is 0 Å². The zero-order valence-corrected chi connectivity index (χ0v) is 14.9. The van der Waals surface area contributed by atoms with Crippen LogP contribution in [0, 0.1) is 0 Å². The molecule has 0 bridgehead atoms. The van der Waals surface area contributed by atoms with E-state index in [-0.39, 0.29) is 18.8 Å². The van der Waals surface area contributed by atoms with Gasteiger partial charge in [0.2, 0.25) is 15.9 Å². The first-order chi connectivity index (χ1) is 11.5. The van der Waals surface area contributed by atoms with Crippen LogP contribution in [0.15, 0.2) is 0 Å². The first-order valence-corrected chi connectivity index (χ1v) is 10.4. The lowest BCUT2D eigenvalue weighted by Gasteiger charge is -2.29. The van der Waals surface area contributed by atoms with E-state index < -0.39 is 57.7 Å². The first-order valence-electron chi connectivity index (χ1n) is 7.43. The number of nitrogens with zero attached hydrogens (tertiary/aromatic N) is 1. The van der Waals surface area contributed by atoms with Crippen molar-refractivity contribution in [1.29, 1.82) is 0 Å². The summed E-state index contributed by atoms with van der Waals surface area (Å²) in [5, 5.41) is 40.9. The van der Waals surface area contributed by atoms with Crippen LogP contribution in [0.4, 0.5) is 0 Å². The number of nitrogens with one attached hydrogen (secondary N) is 2.